The van der Waals surface area contributed by atoms with Crippen LogP contribution in [0.15, 0.2) is 5.16 Å². The number of ether oxygens (including phenoxy) is 1. The van der Waals surface area contributed by atoms with Crippen LogP contribution in [-0.2, 0) is 14.8 Å². The number of sulfonamides is 1. The predicted molar refractivity (Wildman–Crippen MR) is 70.1 cm³/mol. The molecule has 0 radical (unpaired) electrons. The Balaban J connectivity index is 4.56. The molecule has 0 saturated heterocycles. The van der Waals surface area contributed by atoms with E-state index in [0.29, 0.717) is 13.0 Å². The maximum absolute atomic E-state index is 12.0. The van der Waals surface area contributed by atoms with E-state index >= 15 is 0 Å². The second-order valence-electron chi connectivity index (χ2n) is 4.16. The van der Waals surface area contributed by atoms with Gasteiger partial charge in [-0.25, -0.2) is 8.42 Å². The zero-order chi connectivity index (χ0) is 14.2. The van der Waals surface area contributed by atoms with Crippen LogP contribution < -0.4 is 5.73 Å². The van der Waals surface area contributed by atoms with E-state index in [2.05, 4.69) is 5.16 Å². The lowest BCUT2D eigenvalue weighted by atomic mass is 10.4. The lowest BCUT2D eigenvalue weighted by Gasteiger charge is -2.21. The van der Waals surface area contributed by atoms with E-state index in [1.165, 1.54) is 4.31 Å². The molecule has 0 unspecified atom stereocenters. The first kappa shape index (κ1) is 17.1. The van der Waals surface area contributed by atoms with Gasteiger partial charge in [-0.05, 0) is 20.3 Å². The quantitative estimate of drug-likeness (QED) is 0.272. The predicted octanol–water partition coefficient (Wildman–Crippen LogP) is 0.200. The highest BCUT2D eigenvalue weighted by atomic mass is 32.2. The van der Waals surface area contributed by atoms with Crippen molar-refractivity contribution in [3.05, 3.63) is 0 Å². The molecule has 0 amide bonds. The molecule has 0 rings (SSSR count). The van der Waals surface area contributed by atoms with E-state index in [9.17, 15) is 8.42 Å². The smallest absolute Gasteiger partial charge is 0.216 e. The van der Waals surface area contributed by atoms with E-state index in [0.717, 1.165) is 0 Å². The molecule has 18 heavy (non-hydrogen) atoms. The Hall–Kier alpha value is -0.860. The van der Waals surface area contributed by atoms with Crippen LogP contribution in [0.25, 0.3) is 0 Å². The van der Waals surface area contributed by atoms with Gasteiger partial charge in [0.05, 0.1) is 25.0 Å². The molecule has 0 aliphatic heterocycles. The van der Waals surface area contributed by atoms with Crippen molar-refractivity contribution in [1.82, 2.24) is 4.31 Å². The van der Waals surface area contributed by atoms with Gasteiger partial charge in [-0.2, -0.15) is 4.31 Å². The van der Waals surface area contributed by atoms with E-state index in [1.807, 2.05) is 20.8 Å². The third-order valence-electron chi connectivity index (χ3n) is 2.13. The summed E-state index contributed by atoms with van der Waals surface area (Å²) < 4.78 is 30.4. The second-order valence-corrected chi connectivity index (χ2v) is 6.25. The average molecular weight is 281 g/mol. The topological polar surface area (TPSA) is 105 Å². The molecule has 0 saturated carbocycles. The fourth-order valence-corrected chi connectivity index (χ4v) is 2.65. The van der Waals surface area contributed by atoms with Gasteiger partial charge < -0.3 is 15.7 Å². The fourth-order valence-electron chi connectivity index (χ4n) is 1.30. The molecule has 0 aliphatic rings. The van der Waals surface area contributed by atoms with Gasteiger partial charge in [0.25, 0.3) is 0 Å². The van der Waals surface area contributed by atoms with Crippen molar-refractivity contribution in [2.24, 2.45) is 10.9 Å². The maximum atomic E-state index is 12.0. The van der Waals surface area contributed by atoms with Crippen molar-refractivity contribution in [3.63, 3.8) is 0 Å². The number of nitrogens with zero attached hydrogens (tertiary/aromatic N) is 2. The van der Waals surface area contributed by atoms with Gasteiger partial charge in [-0.15, -0.1) is 0 Å². The summed E-state index contributed by atoms with van der Waals surface area (Å²) in [7, 11) is -3.45. The Bertz CT molecular complexity index is 354. The second kappa shape index (κ2) is 8.28. The summed E-state index contributed by atoms with van der Waals surface area (Å²) >= 11 is 0. The summed E-state index contributed by atoms with van der Waals surface area (Å²) in [5, 5.41) is 11.3. The highest BCUT2D eigenvalue weighted by Crippen LogP contribution is 2.04. The van der Waals surface area contributed by atoms with Crippen molar-refractivity contribution in [1.29, 1.82) is 0 Å². The molecule has 3 N–H and O–H groups in total. The summed E-state index contributed by atoms with van der Waals surface area (Å²) in [4.78, 5) is 0. The Morgan fingerprint density at radius 1 is 1.50 bits per heavy atom. The average Bonchev–Trinajstić information content (AvgIpc) is 2.27. The molecule has 0 atom stereocenters. The van der Waals surface area contributed by atoms with Crippen LogP contribution in [0, 0.1) is 0 Å². The molecule has 0 aromatic heterocycles. The van der Waals surface area contributed by atoms with Crippen LogP contribution in [0.1, 0.15) is 27.2 Å². The zero-order valence-corrected chi connectivity index (χ0v) is 12.0. The number of nitrogens with two attached hydrogens (primary N) is 1. The maximum Gasteiger partial charge on any atom is 0.216 e. The highest BCUT2D eigenvalue weighted by molar-refractivity contribution is 7.89. The molecule has 0 heterocycles. The lowest BCUT2D eigenvalue weighted by molar-refractivity contribution is 0.0907. The van der Waals surface area contributed by atoms with E-state index in [1.54, 1.807) is 0 Å². The number of amidine groups is 1. The van der Waals surface area contributed by atoms with Crippen LogP contribution in [-0.4, -0.2) is 55.3 Å². The molecule has 0 aromatic carbocycles. The van der Waals surface area contributed by atoms with E-state index in [4.69, 9.17) is 15.7 Å². The lowest BCUT2D eigenvalue weighted by Crippen LogP contribution is -2.41. The number of hydrogen-bond acceptors (Lipinski definition) is 5. The summed E-state index contributed by atoms with van der Waals surface area (Å²) in [5.41, 5.74) is 5.34. The van der Waals surface area contributed by atoms with Gasteiger partial charge >= 0.3 is 0 Å². The van der Waals surface area contributed by atoms with Crippen molar-refractivity contribution in [2.45, 2.75) is 33.3 Å². The first-order chi connectivity index (χ1) is 8.33. The molecule has 0 bridgehead atoms. The Labute approximate surface area is 109 Å². The third-order valence-corrected chi connectivity index (χ3v) is 3.91. The van der Waals surface area contributed by atoms with Gasteiger partial charge in [0, 0.05) is 6.54 Å². The molecular weight excluding hydrogens is 258 g/mol. The minimum absolute atomic E-state index is 0.0103. The van der Waals surface area contributed by atoms with E-state index < -0.39 is 10.0 Å². The van der Waals surface area contributed by atoms with Crippen molar-refractivity contribution in [2.75, 3.05) is 25.4 Å². The first-order valence-corrected chi connectivity index (χ1v) is 7.50. The fraction of sp³-hybridized carbons (Fsp3) is 0.900. The first-order valence-electron chi connectivity index (χ1n) is 5.89. The molecule has 108 valence electrons. The molecule has 7 nitrogen and oxygen atoms in total. The molecule has 0 fully saturated rings. The van der Waals surface area contributed by atoms with Crippen molar-refractivity contribution < 1.29 is 18.4 Å². The van der Waals surface area contributed by atoms with Gasteiger partial charge in [-0.3, -0.25) is 0 Å². The third kappa shape index (κ3) is 6.77. The standard InChI is InChI=1S/C10H23N3O4S/c1-4-5-13(8-10(11)12-14)18(15,16)7-6-17-9(2)3/h9,14H,4-8H2,1-3H3,(H2,11,12). The SMILES string of the molecule is CCCN(CC(N)=NO)S(=O)(=O)CCOC(C)C. The van der Waals surface area contributed by atoms with Crippen LogP contribution in [0.3, 0.4) is 0 Å². The van der Waals surface area contributed by atoms with Gasteiger partial charge in [0.15, 0.2) is 5.84 Å². The highest BCUT2D eigenvalue weighted by Gasteiger charge is 2.22. The monoisotopic (exact) mass is 281 g/mol. The molecule has 0 spiro atoms. The van der Waals surface area contributed by atoms with Crippen LogP contribution in [0.4, 0.5) is 0 Å². The van der Waals surface area contributed by atoms with Crippen molar-refractivity contribution >= 4 is 15.9 Å². The summed E-state index contributed by atoms with van der Waals surface area (Å²) in [6, 6.07) is 0. The van der Waals surface area contributed by atoms with E-state index in [-0.39, 0.29) is 30.8 Å². The van der Waals surface area contributed by atoms with Gasteiger partial charge in [-0.1, -0.05) is 12.1 Å². The number of rotatable bonds is 9. The van der Waals surface area contributed by atoms with Crippen LogP contribution in [0.2, 0.25) is 0 Å². The summed E-state index contributed by atoms with van der Waals surface area (Å²) in [6.07, 6.45) is 0.645. The Morgan fingerprint density at radius 3 is 2.56 bits per heavy atom. The summed E-state index contributed by atoms with van der Waals surface area (Å²) in [6.45, 7) is 5.91. The molecular formula is C10H23N3O4S. The minimum atomic E-state index is -3.45. The zero-order valence-electron chi connectivity index (χ0n) is 11.2. The molecule has 0 aliphatic carbocycles. The largest absolute Gasteiger partial charge is 0.409 e. The Morgan fingerprint density at radius 2 is 2.11 bits per heavy atom. The number of oxime groups is 1. The normalized spacial score (nSPS) is 13.5. The minimum Gasteiger partial charge on any atom is -0.409 e. The van der Waals surface area contributed by atoms with Crippen molar-refractivity contribution in [3.8, 4) is 0 Å². The Kier molecular flexibility index (Phi) is 7.88. The van der Waals surface area contributed by atoms with Crippen LogP contribution in [0.5, 0.6) is 0 Å². The molecule has 0 aromatic rings. The van der Waals surface area contributed by atoms with Gasteiger partial charge in [0.1, 0.15) is 0 Å². The van der Waals surface area contributed by atoms with Gasteiger partial charge in [0.2, 0.25) is 10.0 Å². The summed E-state index contributed by atoms with van der Waals surface area (Å²) in [5.74, 6) is -0.235. The van der Waals surface area contributed by atoms with Crippen LogP contribution >= 0.6 is 0 Å². The number of hydrogen-bond donors (Lipinski definition) is 2. The molecule has 8 heteroatoms.